The highest BCUT2D eigenvalue weighted by Crippen LogP contribution is 2.52. The van der Waals surface area contributed by atoms with Gasteiger partial charge in [0.05, 0.1) is 0 Å². The van der Waals surface area contributed by atoms with Crippen molar-refractivity contribution >= 4 is 11.9 Å². The predicted molar refractivity (Wildman–Crippen MR) is 175 cm³/mol. The molecule has 0 spiro atoms. The Bertz CT molecular complexity index is 1900. The number of hydrogen-bond donors (Lipinski definition) is 2. The molecule has 0 aromatic heterocycles. The second-order valence-electron chi connectivity index (χ2n) is 12.7. The lowest BCUT2D eigenvalue weighted by molar-refractivity contribution is -0.134. The summed E-state index contributed by atoms with van der Waals surface area (Å²) in [6.07, 6.45) is 3.78. The number of hydrogen-bond acceptors (Lipinski definition) is 8. The summed E-state index contributed by atoms with van der Waals surface area (Å²) in [6, 6.07) is 20.5. The van der Waals surface area contributed by atoms with Gasteiger partial charge in [0.1, 0.15) is 0 Å². The molecule has 4 aromatic rings. The van der Waals surface area contributed by atoms with Crippen LogP contribution >= 0.6 is 0 Å². The largest absolute Gasteiger partial charge is 0.504 e. The number of carbonyl (C=O) groups excluding carboxylic acids is 2. The summed E-state index contributed by atoms with van der Waals surface area (Å²) in [6.45, 7) is 4.79. The van der Waals surface area contributed by atoms with Gasteiger partial charge in [0.15, 0.2) is 23.0 Å². The molecule has 4 aliphatic rings. The molecule has 46 heavy (non-hydrogen) atoms. The highest BCUT2D eigenvalue weighted by atomic mass is 16.6. The van der Waals surface area contributed by atoms with E-state index in [2.05, 4.69) is 54.2 Å². The average Bonchev–Trinajstić information content (AvgIpc) is 3.03. The van der Waals surface area contributed by atoms with Crippen molar-refractivity contribution < 1.29 is 29.3 Å². The van der Waals surface area contributed by atoms with Crippen molar-refractivity contribution in [3.8, 4) is 45.3 Å². The van der Waals surface area contributed by atoms with Gasteiger partial charge in [0.25, 0.3) is 0 Å². The fourth-order valence-corrected chi connectivity index (χ4v) is 7.81. The molecular formula is C38H38N2O6. The number of rotatable bonds is 2. The maximum Gasteiger partial charge on any atom is 0.308 e. The van der Waals surface area contributed by atoms with Crippen molar-refractivity contribution in [2.24, 2.45) is 0 Å². The summed E-state index contributed by atoms with van der Waals surface area (Å²) < 4.78 is 10.8. The van der Waals surface area contributed by atoms with Crippen molar-refractivity contribution in [2.45, 2.75) is 51.6 Å². The quantitative estimate of drug-likeness (QED) is 0.157. The van der Waals surface area contributed by atoms with Crippen LogP contribution < -0.4 is 9.47 Å². The van der Waals surface area contributed by atoms with Crippen LogP contribution in [0.25, 0.3) is 22.3 Å². The topological polar surface area (TPSA) is 99.5 Å². The third-order valence-electron chi connectivity index (χ3n) is 9.91. The van der Waals surface area contributed by atoms with E-state index in [9.17, 15) is 19.8 Å². The number of esters is 2. The Morgan fingerprint density at radius 1 is 0.674 bits per heavy atom. The van der Waals surface area contributed by atoms with Crippen LogP contribution in [0.15, 0.2) is 60.7 Å². The van der Waals surface area contributed by atoms with Crippen molar-refractivity contribution in [3.05, 3.63) is 94.0 Å². The fourth-order valence-electron chi connectivity index (χ4n) is 7.81. The number of phenols is 2. The third kappa shape index (κ3) is 5.02. The highest BCUT2D eigenvalue weighted by molar-refractivity contribution is 5.87. The zero-order valence-corrected chi connectivity index (χ0v) is 26.6. The highest BCUT2D eigenvalue weighted by Gasteiger charge is 2.36. The Kier molecular flexibility index (Phi) is 7.57. The number of benzene rings is 4. The summed E-state index contributed by atoms with van der Waals surface area (Å²) in [5.74, 6) is -0.277. The molecule has 0 saturated heterocycles. The Morgan fingerprint density at radius 3 is 1.76 bits per heavy atom. The molecule has 0 bridgehead atoms. The summed E-state index contributed by atoms with van der Waals surface area (Å²) in [7, 11) is 4.31. The molecule has 2 aliphatic heterocycles. The lowest BCUT2D eigenvalue weighted by atomic mass is 9.77. The van der Waals surface area contributed by atoms with E-state index in [0.29, 0.717) is 17.8 Å². The molecule has 8 nitrogen and oxygen atoms in total. The van der Waals surface area contributed by atoms with Gasteiger partial charge in [-0.3, -0.25) is 19.4 Å². The maximum atomic E-state index is 11.7. The molecule has 4 aromatic carbocycles. The van der Waals surface area contributed by atoms with Gasteiger partial charge in [-0.05, 0) is 96.4 Å². The zero-order chi connectivity index (χ0) is 32.3. The predicted octanol–water partition coefficient (Wildman–Crippen LogP) is 6.14. The van der Waals surface area contributed by atoms with Crippen molar-refractivity contribution in [1.82, 2.24) is 9.80 Å². The number of fused-ring (bicyclic) bond motifs is 4. The van der Waals surface area contributed by atoms with Crippen molar-refractivity contribution in [3.63, 3.8) is 0 Å². The normalized spacial score (nSPS) is 19.0. The molecule has 8 heteroatoms. The van der Waals surface area contributed by atoms with Crippen LogP contribution in [0.3, 0.4) is 0 Å². The molecule has 236 valence electrons. The molecule has 2 heterocycles. The smallest absolute Gasteiger partial charge is 0.308 e. The zero-order valence-electron chi connectivity index (χ0n) is 26.6. The van der Waals surface area contributed by atoms with Crippen LogP contribution in [0.1, 0.15) is 59.3 Å². The monoisotopic (exact) mass is 618 g/mol. The first kappa shape index (κ1) is 30.0. The van der Waals surface area contributed by atoms with E-state index >= 15 is 0 Å². The fraction of sp³-hybridized carbons (Fsp3) is 0.316. The van der Waals surface area contributed by atoms with E-state index in [0.717, 1.165) is 72.2 Å². The summed E-state index contributed by atoms with van der Waals surface area (Å²) in [4.78, 5) is 28.0. The summed E-state index contributed by atoms with van der Waals surface area (Å²) in [5.41, 5.74) is 11.4. The minimum Gasteiger partial charge on any atom is -0.504 e. The molecule has 0 radical (unpaired) electrons. The van der Waals surface area contributed by atoms with E-state index in [1.165, 1.54) is 36.1 Å². The van der Waals surface area contributed by atoms with Gasteiger partial charge in [-0.1, -0.05) is 48.5 Å². The number of likely N-dealkylation sites (N-methyl/N-ethyl adjacent to an activating group) is 2. The summed E-state index contributed by atoms with van der Waals surface area (Å²) in [5, 5.41) is 20.1. The van der Waals surface area contributed by atoms with E-state index in [-0.39, 0.29) is 17.2 Å². The second kappa shape index (κ2) is 11.6. The lowest BCUT2D eigenvalue weighted by Crippen LogP contribution is -2.35. The minimum absolute atomic E-state index is 0.0163. The maximum absolute atomic E-state index is 11.7. The van der Waals surface area contributed by atoms with Gasteiger partial charge in [0.2, 0.25) is 0 Å². The Hall–Kier alpha value is -4.66. The molecular weight excluding hydrogens is 580 g/mol. The van der Waals surface area contributed by atoms with Crippen LogP contribution in [0.4, 0.5) is 0 Å². The lowest BCUT2D eigenvalue weighted by Gasteiger charge is -2.40. The molecule has 2 aliphatic carbocycles. The van der Waals surface area contributed by atoms with Crippen LogP contribution in [0.2, 0.25) is 0 Å². The van der Waals surface area contributed by atoms with E-state index in [4.69, 9.17) is 9.47 Å². The first-order valence-electron chi connectivity index (χ1n) is 15.8. The summed E-state index contributed by atoms with van der Waals surface area (Å²) >= 11 is 0. The van der Waals surface area contributed by atoms with Gasteiger partial charge >= 0.3 is 11.9 Å². The number of nitrogens with zero attached hydrogens (tertiary/aromatic N) is 2. The molecule has 2 atom stereocenters. The first-order chi connectivity index (χ1) is 22.1. The number of aromatic hydroxyl groups is 2. The van der Waals surface area contributed by atoms with Crippen molar-refractivity contribution in [1.29, 1.82) is 0 Å². The molecule has 0 amide bonds. The molecule has 0 fully saturated rings. The standard InChI is InChI=1S/C21H21NO4.C17H17NO2/c1-12(23)25-18-8-7-15-11-17-19-14(9-10-22(17)3)5-4-6-16(19)20(15)21(18)26-13(2)24;1-18-8-7-10-3-2-4-12-15(10)13(18)9-11-5-6-14(19)17(20)16(11)12/h4-8,17H,9-11H2,1-3H3;2-6,13,19-20H,7-9H2,1H3/t17-;13-/m00/s1. The van der Waals surface area contributed by atoms with Crippen LogP contribution in [-0.4, -0.2) is 59.1 Å². The van der Waals surface area contributed by atoms with Gasteiger partial charge in [-0.2, -0.15) is 0 Å². The minimum atomic E-state index is -0.443. The van der Waals surface area contributed by atoms with Crippen molar-refractivity contribution in [2.75, 3.05) is 27.2 Å². The Morgan fingerprint density at radius 2 is 1.20 bits per heavy atom. The first-order valence-corrected chi connectivity index (χ1v) is 15.8. The van der Waals surface area contributed by atoms with E-state index in [1.54, 1.807) is 12.1 Å². The molecule has 0 unspecified atom stereocenters. The van der Waals surface area contributed by atoms with Gasteiger partial charge in [-0.25, -0.2) is 0 Å². The van der Waals surface area contributed by atoms with E-state index < -0.39 is 11.9 Å². The average molecular weight is 619 g/mol. The second-order valence-corrected chi connectivity index (χ2v) is 12.7. The SMILES string of the molecule is CC(=O)Oc1ccc2c(c1OC(C)=O)-c1cccc3c1[C@H](C2)N(C)CC3.CN1CCc2cccc3c2[C@@H]1Cc1ccc(O)c(O)c1-3. The number of ether oxygens (including phenoxy) is 2. The third-order valence-corrected chi connectivity index (χ3v) is 9.91. The van der Waals surface area contributed by atoms with E-state index in [1.807, 2.05) is 18.2 Å². The van der Waals surface area contributed by atoms with Crippen LogP contribution in [-0.2, 0) is 35.3 Å². The van der Waals surface area contributed by atoms with Gasteiger partial charge in [-0.15, -0.1) is 0 Å². The number of phenolic OH excluding ortho intramolecular Hbond substituents is 2. The number of carbonyl (C=O) groups is 2. The van der Waals surface area contributed by atoms with Gasteiger partial charge < -0.3 is 19.7 Å². The molecule has 2 N–H and O–H groups in total. The van der Waals surface area contributed by atoms with Crippen LogP contribution in [0, 0.1) is 0 Å². The Labute approximate surface area is 268 Å². The molecule has 8 rings (SSSR count). The van der Waals surface area contributed by atoms with Crippen LogP contribution in [0.5, 0.6) is 23.0 Å². The Balaban J connectivity index is 0.000000152. The molecule has 0 saturated carbocycles. The van der Waals surface area contributed by atoms with Gasteiger partial charge in [0, 0.05) is 50.1 Å².